The molecular formula is C27H26N2O. The summed E-state index contributed by atoms with van der Waals surface area (Å²) in [4.78, 5) is 12.9. The highest BCUT2D eigenvalue weighted by Gasteiger charge is 2.53. The number of hydrogen-bond donors (Lipinski definition) is 2. The maximum atomic E-state index is 12.9. The van der Waals surface area contributed by atoms with Crippen molar-refractivity contribution < 1.29 is 4.79 Å². The lowest BCUT2D eigenvalue weighted by Gasteiger charge is -2.43. The second-order valence-corrected chi connectivity index (χ2v) is 9.09. The number of hydrogen-bond acceptors (Lipinski definition) is 2. The first kappa shape index (κ1) is 17.8. The third-order valence-electron chi connectivity index (χ3n) is 7.54. The molecule has 6 rings (SSSR count). The summed E-state index contributed by atoms with van der Waals surface area (Å²) in [6, 6.07) is 27.2. The van der Waals surface area contributed by atoms with Crippen LogP contribution in [0.25, 0.3) is 0 Å². The van der Waals surface area contributed by atoms with E-state index in [1.54, 1.807) is 0 Å². The highest BCUT2D eigenvalue weighted by molar-refractivity contribution is 6.04. The topological polar surface area (TPSA) is 41.1 Å². The van der Waals surface area contributed by atoms with Crippen LogP contribution in [-0.2, 0) is 0 Å². The summed E-state index contributed by atoms with van der Waals surface area (Å²) in [6.07, 6.45) is 4.01. The first-order valence-corrected chi connectivity index (χ1v) is 11.1. The Kier molecular flexibility index (Phi) is 4.15. The van der Waals surface area contributed by atoms with Crippen LogP contribution < -0.4 is 10.6 Å². The Morgan fingerprint density at radius 1 is 0.867 bits per heavy atom. The number of carbonyl (C=O) groups is 1. The van der Waals surface area contributed by atoms with Gasteiger partial charge in [-0.2, -0.15) is 0 Å². The molecule has 2 fully saturated rings. The summed E-state index contributed by atoms with van der Waals surface area (Å²) in [5.41, 5.74) is 5.52. The van der Waals surface area contributed by atoms with Crippen LogP contribution in [0.3, 0.4) is 0 Å². The zero-order valence-electron chi connectivity index (χ0n) is 16.9. The monoisotopic (exact) mass is 394 g/mol. The number of amides is 1. The molecule has 2 N–H and O–H groups in total. The van der Waals surface area contributed by atoms with E-state index in [1.807, 2.05) is 36.4 Å². The fourth-order valence-corrected chi connectivity index (χ4v) is 6.34. The van der Waals surface area contributed by atoms with E-state index >= 15 is 0 Å². The van der Waals surface area contributed by atoms with Crippen LogP contribution >= 0.6 is 0 Å². The molecule has 1 amide bonds. The van der Waals surface area contributed by atoms with Gasteiger partial charge in [-0.1, -0.05) is 48.5 Å². The van der Waals surface area contributed by atoms with E-state index in [-0.39, 0.29) is 5.91 Å². The summed E-state index contributed by atoms with van der Waals surface area (Å²) in [5.74, 6) is 2.67. The number of para-hydroxylation sites is 1. The number of fused-ring (bicyclic) bond motifs is 7. The molecular weight excluding hydrogens is 368 g/mol. The van der Waals surface area contributed by atoms with Gasteiger partial charge in [-0.05, 0) is 84.4 Å². The SMILES string of the molecule is O=C(Nc1ccccc1)c1ccc2c(c1)[C@H]1[C@H]3CC[C@H](C3)[C@@H]1[C@H](c1ccccc1)N2. The van der Waals surface area contributed by atoms with Gasteiger partial charge in [0.05, 0.1) is 6.04 Å². The minimum Gasteiger partial charge on any atom is -0.378 e. The molecule has 2 aliphatic carbocycles. The van der Waals surface area contributed by atoms with Crippen LogP contribution in [0.5, 0.6) is 0 Å². The molecule has 2 bridgehead atoms. The van der Waals surface area contributed by atoms with Crippen molar-refractivity contribution in [2.45, 2.75) is 31.2 Å². The summed E-state index contributed by atoms with van der Waals surface area (Å²) < 4.78 is 0. The van der Waals surface area contributed by atoms with Crippen molar-refractivity contribution in [2.24, 2.45) is 17.8 Å². The molecule has 0 aromatic heterocycles. The second kappa shape index (κ2) is 7.02. The Bertz CT molecular complexity index is 1080. The maximum Gasteiger partial charge on any atom is 0.255 e. The van der Waals surface area contributed by atoms with E-state index in [1.165, 1.54) is 36.1 Å². The largest absolute Gasteiger partial charge is 0.378 e. The van der Waals surface area contributed by atoms with Gasteiger partial charge in [0.15, 0.2) is 0 Å². The van der Waals surface area contributed by atoms with E-state index < -0.39 is 0 Å². The molecule has 0 unspecified atom stereocenters. The molecule has 0 radical (unpaired) electrons. The van der Waals surface area contributed by atoms with Crippen molar-refractivity contribution in [3.8, 4) is 0 Å². The zero-order valence-corrected chi connectivity index (χ0v) is 16.9. The fourth-order valence-electron chi connectivity index (χ4n) is 6.34. The second-order valence-electron chi connectivity index (χ2n) is 9.09. The zero-order chi connectivity index (χ0) is 20.1. The Labute approximate surface area is 177 Å². The number of benzene rings is 3. The van der Waals surface area contributed by atoms with Crippen LogP contribution in [-0.4, -0.2) is 5.91 Å². The highest BCUT2D eigenvalue weighted by Crippen LogP contribution is 2.63. The summed E-state index contributed by atoms with van der Waals surface area (Å²) >= 11 is 0. The fraction of sp³-hybridized carbons (Fsp3) is 0.296. The van der Waals surface area contributed by atoms with Crippen molar-refractivity contribution in [2.75, 3.05) is 10.6 Å². The van der Waals surface area contributed by atoms with E-state index in [0.29, 0.717) is 17.9 Å². The Hall–Kier alpha value is -3.07. The van der Waals surface area contributed by atoms with Crippen LogP contribution in [0.4, 0.5) is 11.4 Å². The standard InChI is InChI=1S/C27H26N2O/c30-27(28-21-9-5-2-6-10-21)20-13-14-23-22(16-20)24-18-11-12-19(15-18)25(24)26(29-23)17-7-3-1-4-8-17/h1-10,13-14,16,18-19,24-26,29H,11-12,15H2,(H,28,30)/t18-,19+,24+,25-,26-/m0/s1. The van der Waals surface area contributed by atoms with Gasteiger partial charge in [-0.25, -0.2) is 0 Å². The van der Waals surface area contributed by atoms with Crippen molar-refractivity contribution >= 4 is 17.3 Å². The Morgan fingerprint density at radius 3 is 2.40 bits per heavy atom. The van der Waals surface area contributed by atoms with Crippen LogP contribution in [0, 0.1) is 17.8 Å². The van der Waals surface area contributed by atoms with Gasteiger partial charge in [-0.3, -0.25) is 4.79 Å². The third-order valence-corrected chi connectivity index (χ3v) is 7.54. The number of anilines is 2. The average Bonchev–Trinajstić information content (AvgIpc) is 3.42. The van der Waals surface area contributed by atoms with Crippen LogP contribution in [0.2, 0.25) is 0 Å². The molecule has 150 valence electrons. The molecule has 1 heterocycles. The van der Waals surface area contributed by atoms with Gasteiger partial charge < -0.3 is 10.6 Å². The summed E-state index contributed by atoms with van der Waals surface area (Å²) in [5, 5.41) is 6.89. The smallest absolute Gasteiger partial charge is 0.255 e. The quantitative estimate of drug-likeness (QED) is 0.552. The molecule has 30 heavy (non-hydrogen) atoms. The highest BCUT2D eigenvalue weighted by atomic mass is 16.1. The lowest BCUT2D eigenvalue weighted by Crippen LogP contribution is -2.35. The van der Waals surface area contributed by atoms with Crippen molar-refractivity contribution in [3.63, 3.8) is 0 Å². The lowest BCUT2D eigenvalue weighted by atomic mass is 9.68. The third kappa shape index (κ3) is 2.84. The molecule has 3 aromatic carbocycles. The van der Waals surface area contributed by atoms with Crippen molar-refractivity contribution in [1.82, 2.24) is 0 Å². The van der Waals surface area contributed by atoms with Crippen LogP contribution in [0.15, 0.2) is 78.9 Å². The molecule has 0 saturated heterocycles. The average molecular weight is 395 g/mol. The summed E-state index contributed by atoms with van der Waals surface area (Å²) in [6.45, 7) is 0. The van der Waals surface area contributed by atoms with E-state index in [2.05, 4.69) is 53.1 Å². The van der Waals surface area contributed by atoms with Gasteiger partial charge in [0.1, 0.15) is 0 Å². The number of rotatable bonds is 3. The normalized spacial score (nSPS) is 28.3. The Balaban J connectivity index is 1.36. The van der Waals surface area contributed by atoms with E-state index in [9.17, 15) is 4.79 Å². The Morgan fingerprint density at radius 2 is 1.60 bits per heavy atom. The van der Waals surface area contributed by atoms with Gasteiger partial charge in [0.2, 0.25) is 0 Å². The van der Waals surface area contributed by atoms with E-state index in [0.717, 1.165) is 23.1 Å². The van der Waals surface area contributed by atoms with Gasteiger partial charge >= 0.3 is 0 Å². The van der Waals surface area contributed by atoms with Crippen molar-refractivity contribution in [1.29, 1.82) is 0 Å². The number of nitrogens with one attached hydrogen (secondary N) is 2. The molecule has 3 nitrogen and oxygen atoms in total. The van der Waals surface area contributed by atoms with Gasteiger partial charge in [0.25, 0.3) is 5.91 Å². The first-order chi connectivity index (χ1) is 14.8. The molecule has 3 heteroatoms. The molecule has 3 aromatic rings. The number of carbonyl (C=O) groups excluding carboxylic acids is 1. The molecule has 5 atom stereocenters. The molecule has 3 aliphatic rings. The summed E-state index contributed by atoms with van der Waals surface area (Å²) in [7, 11) is 0. The predicted molar refractivity (Wildman–Crippen MR) is 121 cm³/mol. The minimum atomic E-state index is -0.0334. The maximum absolute atomic E-state index is 12.9. The molecule has 2 saturated carbocycles. The van der Waals surface area contributed by atoms with Crippen molar-refractivity contribution in [3.05, 3.63) is 95.6 Å². The first-order valence-electron chi connectivity index (χ1n) is 11.1. The minimum absolute atomic E-state index is 0.0334. The van der Waals surface area contributed by atoms with E-state index in [4.69, 9.17) is 0 Å². The van der Waals surface area contributed by atoms with Crippen LogP contribution in [0.1, 0.15) is 52.7 Å². The lowest BCUT2D eigenvalue weighted by molar-refractivity contribution is 0.102. The molecule has 0 spiro atoms. The molecule has 1 aliphatic heterocycles. The predicted octanol–water partition coefficient (Wildman–Crippen LogP) is 6.24. The van der Waals surface area contributed by atoms with Gasteiger partial charge in [0, 0.05) is 16.9 Å². The van der Waals surface area contributed by atoms with Gasteiger partial charge in [-0.15, -0.1) is 0 Å².